The van der Waals surface area contributed by atoms with Gasteiger partial charge in [-0.15, -0.1) is 5.10 Å². The molecule has 100 valence electrons. The normalized spacial score (nSPS) is 16.8. The first-order valence-electron chi connectivity index (χ1n) is 6.11. The topological polar surface area (TPSA) is 85.0 Å². The van der Waals surface area contributed by atoms with Gasteiger partial charge in [-0.2, -0.15) is 4.98 Å². The number of hydrogen-bond acceptors (Lipinski definition) is 7. The monoisotopic (exact) mass is 279 g/mol. The van der Waals surface area contributed by atoms with Crippen molar-refractivity contribution in [1.29, 1.82) is 0 Å². The third kappa shape index (κ3) is 2.48. The smallest absolute Gasteiger partial charge is 0.267 e. The van der Waals surface area contributed by atoms with Crippen molar-refractivity contribution in [3.8, 4) is 0 Å². The van der Waals surface area contributed by atoms with Crippen molar-refractivity contribution in [1.82, 2.24) is 24.6 Å². The van der Waals surface area contributed by atoms with Crippen LogP contribution >= 0.6 is 11.5 Å². The summed E-state index contributed by atoms with van der Waals surface area (Å²) in [6.45, 7) is 3.20. The third-order valence-electron chi connectivity index (χ3n) is 3.25. The van der Waals surface area contributed by atoms with Crippen LogP contribution in [0.3, 0.4) is 0 Å². The standard InChI is InChI=1S/C11H13N5O2S/c1-7-13-10(18-14-7)8-2-4-16(5-3-8)11(17)9-6-12-15-19-9/h6,8H,2-5H2,1H3. The minimum atomic E-state index is 0.00941. The summed E-state index contributed by atoms with van der Waals surface area (Å²) in [5.74, 6) is 1.60. The van der Waals surface area contributed by atoms with Crippen molar-refractivity contribution in [2.45, 2.75) is 25.7 Å². The van der Waals surface area contributed by atoms with E-state index in [4.69, 9.17) is 4.52 Å². The van der Waals surface area contributed by atoms with Gasteiger partial charge in [-0.25, -0.2) is 0 Å². The molecule has 0 aromatic carbocycles. The lowest BCUT2D eigenvalue weighted by Gasteiger charge is -2.29. The van der Waals surface area contributed by atoms with Crippen LogP contribution in [0.1, 0.15) is 40.1 Å². The lowest BCUT2D eigenvalue weighted by molar-refractivity contribution is 0.0709. The number of nitrogens with zero attached hydrogens (tertiary/aromatic N) is 5. The maximum absolute atomic E-state index is 12.1. The van der Waals surface area contributed by atoms with Gasteiger partial charge in [0.05, 0.1) is 6.20 Å². The first kappa shape index (κ1) is 12.2. The number of carbonyl (C=O) groups excluding carboxylic acids is 1. The highest BCUT2D eigenvalue weighted by Crippen LogP contribution is 2.27. The molecule has 7 nitrogen and oxygen atoms in total. The molecule has 1 aliphatic rings. The van der Waals surface area contributed by atoms with Crippen molar-refractivity contribution in [2.24, 2.45) is 0 Å². The number of piperidine rings is 1. The molecule has 0 N–H and O–H groups in total. The first-order valence-corrected chi connectivity index (χ1v) is 6.88. The Morgan fingerprint density at radius 1 is 1.47 bits per heavy atom. The van der Waals surface area contributed by atoms with Gasteiger partial charge in [0.2, 0.25) is 5.89 Å². The van der Waals surface area contributed by atoms with E-state index in [1.54, 1.807) is 0 Å². The Balaban J connectivity index is 1.62. The molecule has 0 radical (unpaired) electrons. The van der Waals surface area contributed by atoms with Gasteiger partial charge in [-0.05, 0) is 31.3 Å². The van der Waals surface area contributed by atoms with Crippen LogP contribution in [0, 0.1) is 6.92 Å². The highest BCUT2D eigenvalue weighted by molar-refractivity contribution is 7.07. The summed E-state index contributed by atoms with van der Waals surface area (Å²) in [5, 5.41) is 7.50. The zero-order chi connectivity index (χ0) is 13.2. The van der Waals surface area contributed by atoms with E-state index in [1.807, 2.05) is 11.8 Å². The molecule has 3 rings (SSSR count). The van der Waals surface area contributed by atoms with E-state index >= 15 is 0 Å². The number of carbonyl (C=O) groups is 1. The quantitative estimate of drug-likeness (QED) is 0.822. The van der Waals surface area contributed by atoms with Crippen LogP contribution in [0.4, 0.5) is 0 Å². The fourth-order valence-corrected chi connectivity index (χ4v) is 2.71. The second-order valence-electron chi connectivity index (χ2n) is 4.53. The maximum atomic E-state index is 12.1. The summed E-state index contributed by atoms with van der Waals surface area (Å²) in [7, 11) is 0. The van der Waals surface area contributed by atoms with E-state index in [-0.39, 0.29) is 11.8 Å². The predicted molar refractivity (Wildman–Crippen MR) is 66.8 cm³/mol. The zero-order valence-corrected chi connectivity index (χ0v) is 11.3. The molecule has 8 heteroatoms. The van der Waals surface area contributed by atoms with Crippen LogP contribution in [0.5, 0.6) is 0 Å². The molecule has 2 aromatic heterocycles. The van der Waals surface area contributed by atoms with Crippen LogP contribution in [0.15, 0.2) is 10.7 Å². The van der Waals surface area contributed by atoms with Gasteiger partial charge in [0.1, 0.15) is 4.88 Å². The second-order valence-corrected chi connectivity index (χ2v) is 5.31. The van der Waals surface area contributed by atoms with Crippen LogP contribution in [-0.4, -0.2) is 43.6 Å². The third-order valence-corrected chi connectivity index (χ3v) is 3.90. The molecule has 0 bridgehead atoms. The first-order chi connectivity index (χ1) is 9.24. The van der Waals surface area contributed by atoms with E-state index in [2.05, 4.69) is 19.7 Å². The lowest BCUT2D eigenvalue weighted by atomic mass is 9.96. The highest BCUT2D eigenvalue weighted by atomic mass is 32.1. The van der Waals surface area contributed by atoms with E-state index in [1.165, 1.54) is 6.20 Å². The van der Waals surface area contributed by atoms with Gasteiger partial charge >= 0.3 is 0 Å². The molecule has 3 heterocycles. The lowest BCUT2D eigenvalue weighted by Crippen LogP contribution is -2.37. The number of rotatable bonds is 2. The summed E-state index contributed by atoms with van der Waals surface area (Å²) >= 11 is 1.13. The summed E-state index contributed by atoms with van der Waals surface area (Å²) in [6, 6.07) is 0. The Morgan fingerprint density at radius 3 is 2.84 bits per heavy atom. The fourth-order valence-electron chi connectivity index (χ4n) is 2.23. The molecule has 1 aliphatic heterocycles. The molecule has 0 aliphatic carbocycles. The summed E-state index contributed by atoms with van der Waals surface area (Å²) < 4.78 is 8.90. The predicted octanol–water partition coefficient (Wildman–Crippen LogP) is 1.25. The number of aryl methyl sites for hydroxylation is 1. The van der Waals surface area contributed by atoms with Gasteiger partial charge in [0, 0.05) is 19.0 Å². The van der Waals surface area contributed by atoms with Crippen molar-refractivity contribution in [2.75, 3.05) is 13.1 Å². The van der Waals surface area contributed by atoms with Gasteiger partial charge < -0.3 is 9.42 Å². The van der Waals surface area contributed by atoms with Crippen molar-refractivity contribution < 1.29 is 9.32 Å². The molecular formula is C11H13N5O2S. The summed E-state index contributed by atoms with van der Waals surface area (Å²) in [5.41, 5.74) is 0. The average Bonchev–Trinajstić information content (AvgIpc) is 3.09. The Bertz CT molecular complexity index is 559. The molecule has 19 heavy (non-hydrogen) atoms. The minimum absolute atomic E-state index is 0.00941. The Labute approximate surface area is 113 Å². The van der Waals surface area contributed by atoms with Crippen LogP contribution in [0.2, 0.25) is 0 Å². The van der Waals surface area contributed by atoms with Crippen LogP contribution in [0.25, 0.3) is 0 Å². The maximum Gasteiger partial charge on any atom is 0.267 e. The number of aromatic nitrogens is 4. The molecular weight excluding hydrogens is 266 g/mol. The van der Waals surface area contributed by atoms with Crippen molar-refractivity contribution in [3.63, 3.8) is 0 Å². The van der Waals surface area contributed by atoms with Crippen molar-refractivity contribution >= 4 is 17.4 Å². The van der Waals surface area contributed by atoms with Crippen LogP contribution < -0.4 is 0 Å². The van der Waals surface area contributed by atoms with Crippen LogP contribution in [-0.2, 0) is 0 Å². The largest absolute Gasteiger partial charge is 0.339 e. The van der Waals surface area contributed by atoms with E-state index in [0.29, 0.717) is 29.7 Å². The molecule has 0 atom stereocenters. The fraction of sp³-hybridized carbons (Fsp3) is 0.545. The Morgan fingerprint density at radius 2 is 2.26 bits per heavy atom. The number of amides is 1. The molecule has 1 saturated heterocycles. The molecule has 1 amide bonds. The second kappa shape index (κ2) is 5.04. The minimum Gasteiger partial charge on any atom is -0.339 e. The van der Waals surface area contributed by atoms with E-state index < -0.39 is 0 Å². The van der Waals surface area contributed by atoms with Gasteiger partial charge in [0.15, 0.2) is 5.82 Å². The summed E-state index contributed by atoms with van der Waals surface area (Å²) in [4.78, 5) is 18.8. The van der Waals surface area contributed by atoms with Gasteiger partial charge in [0.25, 0.3) is 5.91 Å². The average molecular weight is 279 g/mol. The van der Waals surface area contributed by atoms with Gasteiger partial charge in [-0.1, -0.05) is 9.64 Å². The SMILES string of the molecule is Cc1noc(C2CCN(C(=O)c3cnns3)CC2)n1. The van der Waals surface area contributed by atoms with Crippen molar-refractivity contribution in [3.05, 3.63) is 22.8 Å². The molecule has 0 saturated carbocycles. The molecule has 0 unspecified atom stereocenters. The zero-order valence-electron chi connectivity index (χ0n) is 10.4. The number of likely N-dealkylation sites (tertiary alicyclic amines) is 1. The summed E-state index contributed by atoms with van der Waals surface area (Å²) in [6.07, 6.45) is 3.21. The molecule has 0 spiro atoms. The Kier molecular flexibility index (Phi) is 3.24. The van der Waals surface area contributed by atoms with E-state index in [9.17, 15) is 4.79 Å². The Hall–Kier alpha value is -1.83. The van der Waals surface area contributed by atoms with Gasteiger partial charge in [-0.3, -0.25) is 4.79 Å². The highest BCUT2D eigenvalue weighted by Gasteiger charge is 2.28. The molecule has 2 aromatic rings. The molecule has 1 fully saturated rings. The van der Waals surface area contributed by atoms with E-state index in [0.717, 1.165) is 24.4 Å². The number of hydrogen-bond donors (Lipinski definition) is 0.